The van der Waals surface area contributed by atoms with Gasteiger partial charge in [-0.25, -0.2) is 14.8 Å². The molecule has 9 nitrogen and oxygen atoms in total. The van der Waals surface area contributed by atoms with Crippen molar-refractivity contribution in [3.05, 3.63) is 40.8 Å². The number of nitrogens with two attached hydrogens (primary N) is 1. The first-order chi connectivity index (χ1) is 15.1. The van der Waals surface area contributed by atoms with Gasteiger partial charge in [0.2, 0.25) is 5.95 Å². The van der Waals surface area contributed by atoms with Crippen LogP contribution in [-0.4, -0.2) is 35.3 Å². The minimum absolute atomic E-state index is 0.190. The molecule has 2 saturated carbocycles. The molecule has 0 aliphatic heterocycles. The first-order valence-corrected chi connectivity index (χ1v) is 11.1. The third-order valence-electron chi connectivity index (χ3n) is 6.29. The van der Waals surface area contributed by atoms with E-state index in [0.717, 1.165) is 30.5 Å². The number of rotatable bonds is 6. The van der Waals surface area contributed by atoms with Crippen molar-refractivity contribution in [2.24, 2.45) is 13.0 Å². The lowest BCUT2D eigenvalue weighted by Crippen LogP contribution is -2.25. The molecule has 9 heteroatoms. The molecule has 0 unspecified atom stereocenters. The first-order valence-electron chi connectivity index (χ1n) is 11.1. The Hall–Kier alpha value is -3.23. The van der Waals surface area contributed by atoms with Crippen LogP contribution in [0.2, 0.25) is 0 Å². The van der Waals surface area contributed by atoms with Crippen molar-refractivity contribution in [3.8, 4) is 16.9 Å². The molecule has 5 rings (SSSR count). The van der Waals surface area contributed by atoms with E-state index in [1.807, 2.05) is 17.9 Å². The molecule has 3 heterocycles. The van der Waals surface area contributed by atoms with E-state index in [9.17, 15) is 4.79 Å². The average Bonchev–Trinajstić information content (AvgIpc) is 3.51. The highest BCUT2D eigenvalue weighted by atomic mass is 16.1. The van der Waals surface area contributed by atoms with Gasteiger partial charge in [0.1, 0.15) is 11.5 Å². The first kappa shape index (κ1) is 19.7. The Morgan fingerprint density at radius 3 is 2.68 bits per heavy atom. The standard InChI is InChI=1S/C22H28N8O/c1-29-17(11-14-7-8-14)16(12-25-29)20-18(30-10-9-19(23)27-22(30)31)13-24-21(28-20)26-15-5-3-2-4-6-15/h9-10,12-15H,2-8,11H2,1H3,(H2,23,27,31)(H,24,26,28). The fourth-order valence-electron chi connectivity index (χ4n) is 4.35. The van der Waals surface area contributed by atoms with E-state index in [1.54, 1.807) is 18.5 Å². The second-order valence-electron chi connectivity index (χ2n) is 8.69. The number of aromatic nitrogens is 6. The van der Waals surface area contributed by atoms with Crippen LogP contribution in [0.5, 0.6) is 0 Å². The smallest absolute Gasteiger partial charge is 0.354 e. The van der Waals surface area contributed by atoms with E-state index in [2.05, 4.69) is 20.4 Å². The predicted molar refractivity (Wildman–Crippen MR) is 119 cm³/mol. The van der Waals surface area contributed by atoms with E-state index in [4.69, 9.17) is 10.7 Å². The zero-order valence-electron chi connectivity index (χ0n) is 17.8. The van der Waals surface area contributed by atoms with Crippen molar-refractivity contribution in [2.45, 2.75) is 57.4 Å². The summed E-state index contributed by atoms with van der Waals surface area (Å²) in [5.74, 6) is 1.47. The van der Waals surface area contributed by atoms with Crippen LogP contribution in [-0.2, 0) is 13.5 Å². The third kappa shape index (κ3) is 4.17. The summed E-state index contributed by atoms with van der Waals surface area (Å²) >= 11 is 0. The molecular weight excluding hydrogens is 392 g/mol. The molecule has 0 radical (unpaired) electrons. The lowest BCUT2D eigenvalue weighted by Gasteiger charge is -2.23. The molecule has 0 bridgehead atoms. The monoisotopic (exact) mass is 420 g/mol. The molecular formula is C22H28N8O. The molecule has 3 aromatic rings. The van der Waals surface area contributed by atoms with Gasteiger partial charge >= 0.3 is 5.69 Å². The molecule has 3 aromatic heterocycles. The zero-order chi connectivity index (χ0) is 21.4. The second-order valence-corrected chi connectivity index (χ2v) is 8.69. The molecule has 2 aliphatic rings. The normalized spacial score (nSPS) is 17.1. The molecule has 2 aliphatic carbocycles. The van der Waals surface area contributed by atoms with Crippen LogP contribution in [0.3, 0.4) is 0 Å². The predicted octanol–water partition coefficient (Wildman–Crippen LogP) is 2.70. The maximum absolute atomic E-state index is 12.6. The van der Waals surface area contributed by atoms with Crippen LogP contribution in [0.25, 0.3) is 16.9 Å². The van der Waals surface area contributed by atoms with Crippen LogP contribution in [0.15, 0.2) is 29.5 Å². The maximum atomic E-state index is 12.6. The van der Waals surface area contributed by atoms with Crippen LogP contribution >= 0.6 is 0 Å². The number of aryl methyl sites for hydroxylation is 1. The molecule has 0 aromatic carbocycles. The average molecular weight is 421 g/mol. The van der Waals surface area contributed by atoms with Crippen molar-refractivity contribution in [1.82, 2.24) is 29.3 Å². The summed E-state index contributed by atoms with van der Waals surface area (Å²) < 4.78 is 3.36. The Balaban J connectivity index is 1.60. The van der Waals surface area contributed by atoms with E-state index >= 15 is 0 Å². The third-order valence-corrected chi connectivity index (χ3v) is 6.29. The van der Waals surface area contributed by atoms with Gasteiger partial charge in [-0.3, -0.25) is 9.25 Å². The van der Waals surface area contributed by atoms with Gasteiger partial charge in [-0.2, -0.15) is 10.1 Å². The Bertz CT molecular complexity index is 1140. The zero-order valence-corrected chi connectivity index (χ0v) is 17.8. The largest absolute Gasteiger partial charge is 0.383 e. The van der Waals surface area contributed by atoms with Gasteiger partial charge in [0, 0.05) is 30.5 Å². The SMILES string of the molecule is Cn1ncc(-c2nc(NC3CCCCC3)ncc2-n2ccc(N)nc2=O)c1CC1CC1. The fourth-order valence-corrected chi connectivity index (χ4v) is 4.35. The van der Waals surface area contributed by atoms with E-state index < -0.39 is 5.69 Å². The van der Waals surface area contributed by atoms with Gasteiger partial charge in [0.15, 0.2) is 0 Å². The van der Waals surface area contributed by atoms with Crippen molar-refractivity contribution in [1.29, 1.82) is 0 Å². The molecule has 2 fully saturated rings. The highest BCUT2D eigenvalue weighted by molar-refractivity contribution is 5.71. The molecule has 0 saturated heterocycles. The highest BCUT2D eigenvalue weighted by Crippen LogP contribution is 2.36. The summed E-state index contributed by atoms with van der Waals surface area (Å²) in [6.07, 6.45) is 14.6. The van der Waals surface area contributed by atoms with Crippen LogP contribution in [0.1, 0.15) is 50.6 Å². The minimum Gasteiger partial charge on any atom is -0.383 e. The Labute approximate surface area is 180 Å². The molecule has 0 amide bonds. The van der Waals surface area contributed by atoms with E-state index in [-0.39, 0.29) is 5.82 Å². The van der Waals surface area contributed by atoms with Crippen LogP contribution in [0.4, 0.5) is 11.8 Å². The molecule has 31 heavy (non-hydrogen) atoms. The quantitative estimate of drug-likeness (QED) is 0.630. The van der Waals surface area contributed by atoms with Gasteiger partial charge in [0.25, 0.3) is 0 Å². The van der Waals surface area contributed by atoms with Crippen molar-refractivity contribution in [2.75, 3.05) is 11.1 Å². The Kier molecular flexibility index (Phi) is 5.17. The Morgan fingerprint density at radius 2 is 1.94 bits per heavy atom. The lowest BCUT2D eigenvalue weighted by atomic mass is 9.96. The van der Waals surface area contributed by atoms with Gasteiger partial charge in [-0.05, 0) is 44.1 Å². The fraction of sp³-hybridized carbons (Fsp3) is 0.500. The lowest BCUT2D eigenvalue weighted by molar-refractivity contribution is 0.461. The number of nitrogens with zero attached hydrogens (tertiary/aromatic N) is 6. The molecule has 0 atom stereocenters. The summed E-state index contributed by atoms with van der Waals surface area (Å²) in [4.78, 5) is 25.9. The van der Waals surface area contributed by atoms with Crippen molar-refractivity contribution < 1.29 is 0 Å². The number of anilines is 2. The summed E-state index contributed by atoms with van der Waals surface area (Å²) in [6, 6.07) is 1.99. The second kappa shape index (κ2) is 8.13. The number of nitrogens with one attached hydrogen (secondary N) is 1. The van der Waals surface area contributed by atoms with Crippen molar-refractivity contribution >= 4 is 11.8 Å². The summed E-state index contributed by atoms with van der Waals surface area (Å²) in [7, 11) is 1.96. The van der Waals surface area contributed by atoms with Crippen LogP contribution in [0, 0.1) is 5.92 Å². The molecule has 3 N–H and O–H groups in total. The topological polar surface area (TPSA) is 117 Å². The van der Waals surface area contributed by atoms with Gasteiger partial charge < -0.3 is 11.1 Å². The maximum Gasteiger partial charge on any atom is 0.354 e. The number of nitrogen functional groups attached to an aromatic ring is 1. The molecule has 162 valence electrons. The van der Waals surface area contributed by atoms with Crippen molar-refractivity contribution in [3.63, 3.8) is 0 Å². The van der Waals surface area contributed by atoms with Gasteiger partial charge in [-0.15, -0.1) is 0 Å². The van der Waals surface area contributed by atoms with Crippen LogP contribution < -0.4 is 16.7 Å². The summed E-state index contributed by atoms with van der Waals surface area (Å²) in [5.41, 5.74) is 8.57. The molecule has 0 spiro atoms. The van der Waals surface area contributed by atoms with E-state index in [0.29, 0.717) is 29.3 Å². The minimum atomic E-state index is -0.453. The summed E-state index contributed by atoms with van der Waals surface area (Å²) in [5, 5.41) is 8.00. The van der Waals surface area contributed by atoms with Gasteiger partial charge in [0.05, 0.1) is 18.1 Å². The number of hydrogen-bond acceptors (Lipinski definition) is 7. The highest BCUT2D eigenvalue weighted by Gasteiger charge is 2.27. The number of hydrogen-bond donors (Lipinski definition) is 2. The summed E-state index contributed by atoms with van der Waals surface area (Å²) in [6.45, 7) is 0. The Morgan fingerprint density at radius 1 is 1.13 bits per heavy atom. The van der Waals surface area contributed by atoms with Gasteiger partial charge in [-0.1, -0.05) is 19.3 Å². The van der Waals surface area contributed by atoms with E-state index in [1.165, 1.54) is 36.7 Å².